The van der Waals surface area contributed by atoms with Gasteiger partial charge in [0.1, 0.15) is 11.8 Å². The minimum Gasteiger partial charge on any atom is -0.493 e. The van der Waals surface area contributed by atoms with E-state index < -0.39 is 0 Å². The second kappa shape index (κ2) is 7.24. The molecule has 1 saturated heterocycles. The van der Waals surface area contributed by atoms with Gasteiger partial charge in [0.15, 0.2) is 0 Å². The quantitative estimate of drug-likeness (QED) is 0.872. The van der Waals surface area contributed by atoms with Crippen LogP contribution >= 0.6 is 0 Å². The molecule has 0 radical (unpaired) electrons. The molecule has 5 nitrogen and oxygen atoms in total. The third-order valence-corrected chi connectivity index (χ3v) is 4.40. The Morgan fingerprint density at radius 2 is 2.08 bits per heavy atom. The predicted molar refractivity (Wildman–Crippen MR) is 92.0 cm³/mol. The van der Waals surface area contributed by atoms with Gasteiger partial charge in [0, 0.05) is 18.2 Å². The van der Waals surface area contributed by atoms with Crippen molar-refractivity contribution in [1.29, 1.82) is 0 Å². The van der Waals surface area contributed by atoms with Gasteiger partial charge in [-0.25, -0.2) is 0 Å². The third kappa shape index (κ3) is 4.08. The lowest BCUT2D eigenvalue weighted by molar-refractivity contribution is -0.125. The van der Waals surface area contributed by atoms with Crippen LogP contribution in [0, 0.1) is 5.92 Å². The van der Waals surface area contributed by atoms with Gasteiger partial charge in [-0.3, -0.25) is 9.59 Å². The molecule has 0 bridgehead atoms. The standard InChI is InChI=1S/C19H26N2O3/c1-13(2)12-24-16-6-3-5-14(11-16)19(23)21-10-4-7-17(21)18(22)20-15-8-9-15/h3,5-6,11,13,15,17H,4,7-10,12H2,1-2H3,(H,20,22)/t17-/m1/s1. The monoisotopic (exact) mass is 330 g/mol. The average molecular weight is 330 g/mol. The van der Waals surface area contributed by atoms with Crippen molar-refractivity contribution in [2.45, 2.75) is 51.6 Å². The van der Waals surface area contributed by atoms with Gasteiger partial charge in [0.2, 0.25) is 5.91 Å². The molecule has 2 fully saturated rings. The molecule has 130 valence electrons. The largest absolute Gasteiger partial charge is 0.493 e. The summed E-state index contributed by atoms with van der Waals surface area (Å²) in [6.45, 7) is 5.43. The summed E-state index contributed by atoms with van der Waals surface area (Å²) in [6.07, 6.45) is 3.73. The molecule has 3 rings (SSSR count). The smallest absolute Gasteiger partial charge is 0.254 e. The van der Waals surface area contributed by atoms with Gasteiger partial charge >= 0.3 is 0 Å². The number of likely N-dealkylation sites (tertiary alicyclic amines) is 1. The molecular weight excluding hydrogens is 304 g/mol. The number of nitrogens with one attached hydrogen (secondary N) is 1. The molecule has 0 spiro atoms. The first-order valence-electron chi connectivity index (χ1n) is 8.89. The Bertz CT molecular complexity index is 610. The minimum atomic E-state index is -0.335. The normalized spacial score (nSPS) is 20.3. The van der Waals surface area contributed by atoms with Crippen LogP contribution in [0.25, 0.3) is 0 Å². The minimum absolute atomic E-state index is 0.00411. The van der Waals surface area contributed by atoms with Crippen molar-refractivity contribution < 1.29 is 14.3 Å². The van der Waals surface area contributed by atoms with Gasteiger partial charge in [-0.2, -0.15) is 0 Å². The van der Waals surface area contributed by atoms with Crippen molar-refractivity contribution in [1.82, 2.24) is 10.2 Å². The number of rotatable bonds is 6. The van der Waals surface area contributed by atoms with Crippen LogP contribution in [0.2, 0.25) is 0 Å². The predicted octanol–water partition coefficient (Wildman–Crippen LogP) is 2.60. The zero-order valence-electron chi connectivity index (χ0n) is 14.5. The molecule has 0 unspecified atom stereocenters. The molecule has 1 saturated carbocycles. The first-order chi connectivity index (χ1) is 11.5. The zero-order chi connectivity index (χ0) is 17.1. The van der Waals surface area contributed by atoms with Crippen molar-refractivity contribution in [2.24, 2.45) is 5.92 Å². The van der Waals surface area contributed by atoms with Gasteiger partial charge < -0.3 is 15.0 Å². The van der Waals surface area contributed by atoms with Crippen molar-refractivity contribution in [2.75, 3.05) is 13.2 Å². The van der Waals surface area contributed by atoms with Crippen molar-refractivity contribution >= 4 is 11.8 Å². The van der Waals surface area contributed by atoms with E-state index in [9.17, 15) is 9.59 Å². The van der Waals surface area contributed by atoms with Crippen LogP contribution in [0.1, 0.15) is 49.9 Å². The van der Waals surface area contributed by atoms with Crippen LogP contribution in [-0.4, -0.2) is 41.9 Å². The number of ether oxygens (including phenoxy) is 1. The van der Waals surface area contributed by atoms with E-state index in [2.05, 4.69) is 19.2 Å². The lowest BCUT2D eigenvalue weighted by Crippen LogP contribution is -2.46. The molecule has 2 aliphatic rings. The number of hydrogen-bond donors (Lipinski definition) is 1. The van der Waals surface area contributed by atoms with E-state index >= 15 is 0 Å². The SMILES string of the molecule is CC(C)COc1cccc(C(=O)N2CCC[C@@H]2C(=O)NC2CC2)c1. The summed E-state index contributed by atoms with van der Waals surface area (Å²) in [5.74, 6) is 1.04. The Morgan fingerprint density at radius 1 is 1.29 bits per heavy atom. The van der Waals surface area contributed by atoms with Crippen LogP contribution in [0.4, 0.5) is 0 Å². The molecule has 24 heavy (non-hydrogen) atoms. The van der Waals surface area contributed by atoms with E-state index in [1.54, 1.807) is 17.0 Å². The summed E-state index contributed by atoms with van der Waals surface area (Å²) in [5.41, 5.74) is 0.586. The molecule has 1 N–H and O–H groups in total. The van der Waals surface area contributed by atoms with Gasteiger partial charge in [-0.15, -0.1) is 0 Å². The lowest BCUT2D eigenvalue weighted by atomic mass is 10.1. The summed E-state index contributed by atoms with van der Waals surface area (Å²) in [6, 6.07) is 7.25. The fourth-order valence-electron chi connectivity index (χ4n) is 2.96. The Hall–Kier alpha value is -2.04. The van der Waals surface area contributed by atoms with Crippen molar-refractivity contribution in [3.05, 3.63) is 29.8 Å². The molecule has 1 aliphatic heterocycles. The Labute approximate surface area is 143 Å². The number of carbonyl (C=O) groups is 2. The Balaban J connectivity index is 1.68. The number of carbonyl (C=O) groups excluding carboxylic acids is 2. The highest BCUT2D eigenvalue weighted by atomic mass is 16.5. The van der Waals surface area contributed by atoms with Crippen LogP contribution in [0.3, 0.4) is 0 Å². The number of benzene rings is 1. The first-order valence-corrected chi connectivity index (χ1v) is 8.89. The topological polar surface area (TPSA) is 58.6 Å². The van der Waals surface area contributed by atoms with Crippen LogP contribution in [0.15, 0.2) is 24.3 Å². The second-order valence-corrected chi connectivity index (χ2v) is 7.17. The van der Waals surface area contributed by atoms with Gasteiger partial charge in [-0.05, 0) is 49.8 Å². The average Bonchev–Trinajstić information content (AvgIpc) is 3.24. The van der Waals surface area contributed by atoms with E-state index in [0.29, 0.717) is 36.4 Å². The van der Waals surface area contributed by atoms with E-state index in [0.717, 1.165) is 25.7 Å². The maximum atomic E-state index is 12.8. The van der Waals surface area contributed by atoms with E-state index in [1.165, 1.54) is 0 Å². The highest BCUT2D eigenvalue weighted by molar-refractivity contribution is 5.98. The number of nitrogens with zero attached hydrogens (tertiary/aromatic N) is 1. The molecule has 5 heteroatoms. The number of hydrogen-bond acceptors (Lipinski definition) is 3. The molecule has 1 aromatic carbocycles. The van der Waals surface area contributed by atoms with Crippen LogP contribution in [0.5, 0.6) is 5.75 Å². The highest BCUT2D eigenvalue weighted by Gasteiger charge is 2.36. The molecule has 0 aromatic heterocycles. The Kier molecular flexibility index (Phi) is 5.07. The van der Waals surface area contributed by atoms with E-state index in [-0.39, 0.29) is 17.9 Å². The summed E-state index contributed by atoms with van der Waals surface area (Å²) < 4.78 is 5.71. The van der Waals surface area contributed by atoms with Gasteiger partial charge in [0.05, 0.1) is 6.61 Å². The summed E-state index contributed by atoms with van der Waals surface area (Å²) in [7, 11) is 0. The molecule has 2 amide bonds. The summed E-state index contributed by atoms with van der Waals surface area (Å²) in [4.78, 5) is 26.9. The maximum absolute atomic E-state index is 12.8. The summed E-state index contributed by atoms with van der Waals surface area (Å²) >= 11 is 0. The molecule has 1 aromatic rings. The maximum Gasteiger partial charge on any atom is 0.254 e. The number of amides is 2. The van der Waals surface area contributed by atoms with Crippen LogP contribution < -0.4 is 10.1 Å². The van der Waals surface area contributed by atoms with E-state index in [4.69, 9.17) is 4.74 Å². The second-order valence-electron chi connectivity index (χ2n) is 7.17. The first kappa shape index (κ1) is 16.8. The third-order valence-electron chi connectivity index (χ3n) is 4.40. The van der Waals surface area contributed by atoms with Gasteiger partial charge in [-0.1, -0.05) is 19.9 Å². The molecule has 1 heterocycles. The van der Waals surface area contributed by atoms with Crippen molar-refractivity contribution in [3.8, 4) is 5.75 Å². The zero-order valence-corrected chi connectivity index (χ0v) is 14.5. The summed E-state index contributed by atoms with van der Waals surface area (Å²) in [5, 5.41) is 3.02. The lowest BCUT2D eigenvalue weighted by Gasteiger charge is -2.24. The molecule has 1 aliphatic carbocycles. The highest BCUT2D eigenvalue weighted by Crippen LogP contribution is 2.24. The van der Waals surface area contributed by atoms with Gasteiger partial charge in [0.25, 0.3) is 5.91 Å². The van der Waals surface area contributed by atoms with E-state index in [1.807, 2.05) is 12.1 Å². The fraction of sp³-hybridized carbons (Fsp3) is 0.579. The van der Waals surface area contributed by atoms with Crippen molar-refractivity contribution in [3.63, 3.8) is 0 Å². The van der Waals surface area contributed by atoms with Crippen LogP contribution in [-0.2, 0) is 4.79 Å². The fourth-order valence-corrected chi connectivity index (χ4v) is 2.96. The molecule has 1 atom stereocenters. The Morgan fingerprint density at radius 3 is 2.79 bits per heavy atom. The molecular formula is C19H26N2O3.